The van der Waals surface area contributed by atoms with Gasteiger partial charge < -0.3 is 15.2 Å². The van der Waals surface area contributed by atoms with Crippen molar-refractivity contribution < 1.29 is 14.3 Å². The molecule has 0 bridgehead atoms. The molecule has 0 aromatic carbocycles. The third-order valence-corrected chi connectivity index (χ3v) is 3.82. The zero-order valence-corrected chi connectivity index (χ0v) is 15.9. The summed E-state index contributed by atoms with van der Waals surface area (Å²) in [6.45, 7) is 3.68. The summed E-state index contributed by atoms with van der Waals surface area (Å²) in [5, 5.41) is 2.66. The van der Waals surface area contributed by atoms with E-state index in [4.69, 9.17) is 15.2 Å². The van der Waals surface area contributed by atoms with Gasteiger partial charge in [0.1, 0.15) is 5.82 Å². The lowest BCUT2D eigenvalue weighted by molar-refractivity contribution is 0.258. The van der Waals surface area contributed by atoms with Gasteiger partial charge in [-0.25, -0.2) is 19.7 Å². The predicted octanol–water partition coefficient (Wildman–Crippen LogP) is 2.71. The van der Waals surface area contributed by atoms with Crippen LogP contribution in [-0.2, 0) is 0 Å². The first-order valence-corrected chi connectivity index (χ1v) is 8.43. The minimum Gasteiger partial charge on any atom is -0.480 e. The number of nitrogens with zero attached hydrogens (tertiary/aromatic N) is 5. The summed E-state index contributed by atoms with van der Waals surface area (Å²) < 4.78 is 10.3. The molecule has 2 amide bonds. The molecule has 0 unspecified atom stereocenters. The lowest BCUT2D eigenvalue weighted by Gasteiger charge is -2.20. The Bertz CT molecular complexity index is 1030. The molecule has 0 aliphatic carbocycles. The molecule has 0 radical (unpaired) electrons. The number of nitrogens with one attached hydrogen (secondary N) is 1. The Hall–Kier alpha value is -4.21. The maximum absolute atomic E-state index is 12.7. The van der Waals surface area contributed by atoms with Crippen LogP contribution in [-0.4, -0.2) is 40.2 Å². The molecule has 0 atom stereocenters. The fraction of sp³-hybridized carbons (Fsp3) is 0.105. The molecule has 148 valence electrons. The van der Waals surface area contributed by atoms with E-state index in [1.54, 1.807) is 36.5 Å². The van der Waals surface area contributed by atoms with Gasteiger partial charge in [0.05, 0.1) is 31.2 Å². The van der Waals surface area contributed by atoms with Gasteiger partial charge in [-0.3, -0.25) is 10.2 Å². The summed E-state index contributed by atoms with van der Waals surface area (Å²) in [7, 11) is 2.93. The van der Waals surface area contributed by atoms with Gasteiger partial charge in [-0.15, -0.1) is 0 Å². The maximum Gasteiger partial charge on any atom is 0.332 e. The molecule has 10 nitrogen and oxygen atoms in total. The van der Waals surface area contributed by atoms with E-state index in [-0.39, 0.29) is 23.4 Å². The second-order valence-electron chi connectivity index (χ2n) is 5.59. The largest absolute Gasteiger partial charge is 0.480 e. The molecule has 0 saturated carbocycles. The van der Waals surface area contributed by atoms with E-state index in [1.165, 1.54) is 31.5 Å². The number of aromatic nitrogens is 4. The number of hydrogen-bond donors (Lipinski definition) is 2. The van der Waals surface area contributed by atoms with Crippen LogP contribution in [0.2, 0.25) is 0 Å². The molecule has 29 heavy (non-hydrogen) atoms. The van der Waals surface area contributed by atoms with Gasteiger partial charge in [0.2, 0.25) is 5.88 Å². The molecule has 3 aromatic heterocycles. The average Bonchev–Trinajstić information content (AvgIpc) is 2.75. The standard InChI is InChI=1S/C19H19N7O3/c1-4-26(19(27)24-15-7-5-6-10-21-15)16-13(20)8-9-14(23-16)12-11-22-18(29-3)25-17(12)28-2/h4-11H,1,20H2,2-3H3,(H,21,24,27). The molecule has 3 heterocycles. The van der Waals surface area contributed by atoms with E-state index < -0.39 is 6.03 Å². The van der Waals surface area contributed by atoms with Crippen molar-refractivity contribution >= 4 is 23.4 Å². The van der Waals surface area contributed by atoms with E-state index in [2.05, 4.69) is 31.8 Å². The van der Waals surface area contributed by atoms with Crippen molar-refractivity contribution in [1.29, 1.82) is 0 Å². The molecule has 0 spiro atoms. The number of carbonyl (C=O) groups excluding carboxylic acids is 1. The normalized spacial score (nSPS) is 10.1. The van der Waals surface area contributed by atoms with E-state index in [1.807, 2.05) is 0 Å². The molecule has 3 aromatic rings. The van der Waals surface area contributed by atoms with Crippen LogP contribution in [0.25, 0.3) is 11.3 Å². The van der Waals surface area contributed by atoms with Crippen molar-refractivity contribution in [2.75, 3.05) is 30.2 Å². The highest BCUT2D eigenvalue weighted by Gasteiger charge is 2.20. The van der Waals surface area contributed by atoms with Crippen LogP contribution in [0.3, 0.4) is 0 Å². The monoisotopic (exact) mass is 393 g/mol. The number of amides is 2. The lowest BCUT2D eigenvalue weighted by Crippen LogP contribution is -2.31. The molecular formula is C19H19N7O3. The Morgan fingerprint density at radius 3 is 2.66 bits per heavy atom. The Kier molecular flexibility index (Phi) is 5.83. The zero-order valence-electron chi connectivity index (χ0n) is 15.9. The number of ether oxygens (including phenoxy) is 2. The highest BCUT2D eigenvalue weighted by molar-refractivity contribution is 6.03. The number of pyridine rings is 2. The number of methoxy groups -OCH3 is 2. The van der Waals surface area contributed by atoms with Crippen molar-refractivity contribution in [1.82, 2.24) is 19.9 Å². The topological polar surface area (TPSA) is 128 Å². The molecule has 0 aliphatic rings. The molecule has 0 aliphatic heterocycles. The van der Waals surface area contributed by atoms with Crippen LogP contribution < -0.4 is 25.4 Å². The molecule has 0 fully saturated rings. The van der Waals surface area contributed by atoms with Gasteiger partial charge in [-0.05, 0) is 24.3 Å². The van der Waals surface area contributed by atoms with Crippen LogP contribution in [0, 0.1) is 0 Å². The minimum absolute atomic E-state index is 0.156. The quantitative estimate of drug-likeness (QED) is 0.654. The Labute approximate surface area is 167 Å². The second-order valence-corrected chi connectivity index (χ2v) is 5.59. The Morgan fingerprint density at radius 1 is 1.17 bits per heavy atom. The predicted molar refractivity (Wildman–Crippen MR) is 109 cm³/mol. The van der Waals surface area contributed by atoms with Crippen LogP contribution in [0.5, 0.6) is 11.9 Å². The third kappa shape index (κ3) is 4.21. The highest BCUT2D eigenvalue weighted by atomic mass is 16.5. The van der Waals surface area contributed by atoms with Crippen LogP contribution >= 0.6 is 0 Å². The summed E-state index contributed by atoms with van der Waals surface area (Å²) in [6, 6.07) is 8.08. The van der Waals surface area contributed by atoms with Gasteiger partial charge in [0.25, 0.3) is 0 Å². The summed E-state index contributed by atoms with van der Waals surface area (Å²) >= 11 is 0. The smallest absolute Gasteiger partial charge is 0.332 e. The van der Waals surface area contributed by atoms with Crippen molar-refractivity contribution in [3.63, 3.8) is 0 Å². The Morgan fingerprint density at radius 2 is 2.00 bits per heavy atom. The van der Waals surface area contributed by atoms with Gasteiger partial charge in [0, 0.05) is 18.6 Å². The first kappa shape index (κ1) is 19.5. The van der Waals surface area contributed by atoms with E-state index in [9.17, 15) is 4.79 Å². The zero-order chi connectivity index (χ0) is 20.8. The Balaban J connectivity index is 1.97. The van der Waals surface area contributed by atoms with Crippen LogP contribution in [0.15, 0.2) is 55.5 Å². The second kappa shape index (κ2) is 8.65. The molecule has 10 heteroatoms. The van der Waals surface area contributed by atoms with E-state index in [0.717, 1.165) is 0 Å². The number of carbonyl (C=O) groups is 1. The number of hydrogen-bond acceptors (Lipinski definition) is 8. The van der Waals surface area contributed by atoms with Crippen molar-refractivity contribution in [3.05, 3.63) is 55.5 Å². The number of urea groups is 1. The lowest BCUT2D eigenvalue weighted by atomic mass is 10.2. The van der Waals surface area contributed by atoms with Gasteiger partial charge in [0.15, 0.2) is 5.82 Å². The number of nitrogens with two attached hydrogens (primary N) is 1. The third-order valence-electron chi connectivity index (χ3n) is 3.82. The fourth-order valence-corrected chi connectivity index (χ4v) is 2.45. The van der Waals surface area contributed by atoms with Crippen molar-refractivity contribution in [2.24, 2.45) is 0 Å². The van der Waals surface area contributed by atoms with Crippen molar-refractivity contribution in [3.8, 4) is 23.1 Å². The molecule has 3 N–H and O–H groups in total. The average molecular weight is 393 g/mol. The maximum atomic E-state index is 12.7. The van der Waals surface area contributed by atoms with E-state index in [0.29, 0.717) is 17.1 Å². The summed E-state index contributed by atoms with van der Waals surface area (Å²) in [4.78, 5) is 30.7. The molecule has 3 rings (SSSR count). The first-order valence-electron chi connectivity index (χ1n) is 8.43. The van der Waals surface area contributed by atoms with E-state index >= 15 is 0 Å². The number of anilines is 3. The summed E-state index contributed by atoms with van der Waals surface area (Å²) in [5.41, 5.74) is 7.29. The fourth-order valence-electron chi connectivity index (χ4n) is 2.45. The van der Waals surface area contributed by atoms with Crippen molar-refractivity contribution in [2.45, 2.75) is 0 Å². The first-order chi connectivity index (χ1) is 14.1. The van der Waals surface area contributed by atoms with Gasteiger partial charge in [-0.2, -0.15) is 4.98 Å². The highest BCUT2D eigenvalue weighted by Crippen LogP contribution is 2.31. The van der Waals surface area contributed by atoms with Gasteiger partial charge >= 0.3 is 12.0 Å². The molecular weight excluding hydrogens is 374 g/mol. The van der Waals surface area contributed by atoms with Crippen LogP contribution in [0.4, 0.5) is 22.1 Å². The SMILES string of the molecule is C=CN(C(=O)Nc1ccccn1)c1nc(-c2cnc(OC)nc2OC)ccc1N. The summed E-state index contributed by atoms with van der Waals surface area (Å²) in [6.07, 6.45) is 4.39. The number of nitrogen functional groups attached to an aromatic ring is 1. The number of rotatable bonds is 6. The summed E-state index contributed by atoms with van der Waals surface area (Å²) in [5.74, 6) is 0.830. The van der Waals surface area contributed by atoms with Crippen LogP contribution in [0.1, 0.15) is 0 Å². The van der Waals surface area contributed by atoms with Gasteiger partial charge in [-0.1, -0.05) is 12.6 Å². The molecule has 0 saturated heterocycles. The minimum atomic E-state index is -0.520.